The van der Waals surface area contributed by atoms with Crippen molar-refractivity contribution in [3.8, 4) is 11.5 Å². The summed E-state index contributed by atoms with van der Waals surface area (Å²) < 4.78 is 15.3. The molecule has 0 radical (unpaired) electrons. The van der Waals surface area contributed by atoms with Crippen molar-refractivity contribution in [3.05, 3.63) is 23.8 Å². The summed E-state index contributed by atoms with van der Waals surface area (Å²) in [5, 5.41) is 2.70. The number of esters is 1. The van der Waals surface area contributed by atoms with Crippen LogP contribution in [0.1, 0.15) is 18.9 Å². The summed E-state index contributed by atoms with van der Waals surface area (Å²) in [7, 11) is 3.12. The lowest BCUT2D eigenvalue weighted by Gasteiger charge is -2.10. The lowest BCUT2D eigenvalue weighted by Crippen LogP contribution is -2.28. The molecular weight excluding hydrogens is 286 g/mol. The van der Waals surface area contributed by atoms with Crippen molar-refractivity contribution in [2.75, 3.05) is 20.8 Å². The van der Waals surface area contributed by atoms with Gasteiger partial charge < -0.3 is 19.5 Å². The van der Waals surface area contributed by atoms with E-state index in [1.807, 2.05) is 13.0 Å². The number of amides is 1. The molecule has 1 aliphatic carbocycles. The van der Waals surface area contributed by atoms with E-state index >= 15 is 0 Å². The molecule has 120 valence electrons. The molecule has 2 rings (SSSR count). The molecule has 1 amide bonds. The fraction of sp³-hybridized carbons (Fsp3) is 0.500. The molecule has 0 aromatic heterocycles. The number of nitrogens with one attached hydrogen (secondary N) is 1. The predicted molar refractivity (Wildman–Crippen MR) is 79.6 cm³/mol. The molecular formula is C16H21NO5. The summed E-state index contributed by atoms with van der Waals surface area (Å²) >= 11 is 0. The minimum absolute atomic E-state index is 0.0290. The van der Waals surface area contributed by atoms with Crippen LogP contribution in [0.2, 0.25) is 0 Å². The molecule has 1 N–H and O–H groups in total. The Kier molecular flexibility index (Phi) is 5.25. The Bertz CT molecular complexity index is 557. The zero-order valence-electron chi connectivity index (χ0n) is 13.0. The monoisotopic (exact) mass is 307 g/mol. The predicted octanol–water partition coefficient (Wildman–Crippen LogP) is 1.52. The first-order valence-corrected chi connectivity index (χ1v) is 7.19. The highest BCUT2D eigenvalue weighted by molar-refractivity contribution is 5.82. The Balaban J connectivity index is 1.77. The van der Waals surface area contributed by atoms with E-state index in [1.54, 1.807) is 26.4 Å². The average Bonchev–Trinajstić information content (AvgIpc) is 3.27. The first-order valence-electron chi connectivity index (χ1n) is 7.19. The van der Waals surface area contributed by atoms with Gasteiger partial charge in [-0.05, 0) is 30.0 Å². The average molecular weight is 307 g/mol. The van der Waals surface area contributed by atoms with Crippen molar-refractivity contribution in [2.24, 2.45) is 11.8 Å². The molecule has 0 aliphatic heterocycles. The summed E-state index contributed by atoms with van der Waals surface area (Å²) in [6.07, 6.45) is 0.853. The Hall–Kier alpha value is -2.24. The van der Waals surface area contributed by atoms with E-state index in [9.17, 15) is 9.59 Å². The van der Waals surface area contributed by atoms with E-state index < -0.39 is 0 Å². The smallest absolute Gasteiger partial charge is 0.309 e. The molecule has 2 atom stereocenters. The lowest BCUT2D eigenvalue weighted by atomic mass is 10.2. The van der Waals surface area contributed by atoms with Gasteiger partial charge in [0, 0.05) is 6.54 Å². The largest absolute Gasteiger partial charge is 0.493 e. The minimum atomic E-state index is -0.323. The number of carbonyl (C=O) groups excluding carboxylic acids is 2. The fourth-order valence-corrected chi connectivity index (χ4v) is 2.14. The van der Waals surface area contributed by atoms with Crippen LogP contribution in [0.15, 0.2) is 18.2 Å². The van der Waals surface area contributed by atoms with Crippen molar-refractivity contribution in [3.63, 3.8) is 0 Å². The van der Waals surface area contributed by atoms with Crippen molar-refractivity contribution in [1.82, 2.24) is 5.32 Å². The first kappa shape index (κ1) is 16.1. The zero-order chi connectivity index (χ0) is 16.1. The molecule has 1 saturated carbocycles. The molecule has 6 nitrogen and oxygen atoms in total. The molecule has 22 heavy (non-hydrogen) atoms. The second-order valence-electron chi connectivity index (χ2n) is 5.39. The number of methoxy groups -OCH3 is 2. The summed E-state index contributed by atoms with van der Waals surface area (Å²) in [5.74, 6) is 0.972. The van der Waals surface area contributed by atoms with Gasteiger partial charge in [-0.2, -0.15) is 0 Å². The standard InChI is InChI=1S/C16H21NO5/c1-10-6-12(10)16(19)22-9-15(18)17-8-11-4-5-13(20-2)14(7-11)21-3/h4-5,7,10,12H,6,8-9H2,1-3H3,(H,17,18)/t10-,12+/m0/s1. The third-order valence-electron chi connectivity index (χ3n) is 3.70. The van der Waals surface area contributed by atoms with Crippen LogP contribution in [-0.2, 0) is 20.9 Å². The van der Waals surface area contributed by atoms with Gasteiger partial charge in [0.2, 0.25) is 0 Å². The maximum Gasteiger partial charge on any atom is 0.309 e. The second-order valence-corrected chi connectivity index (χ2v) is 5.39. The van der Waals surface area contributed by atoms with E-state index in [1.165, 1.54) is 0 Å². The van der Waals surface area contributed by atoms with Crippen LogP contribution in [-0.4, -0.2) is 32.7 Å². The third kappa shape index (κ3) is 4.13. The molecule has 0 bridgehead atoms. The van der Waals surface area contributed by atoms with Crippen molar-refractivity contribution >= 4 is 11.9 Å². The second kappa shape index (κ2) is 7.15. The molecule has 1 aromatic rings. The number of ether oxygens (including phenoxy) is 3. The van der Waals surface area contributed by atoms with Gasteiger partial charge in [0.05, 0.1) is 20.1 Å². The number of rotatable bonds is 7. The quantitative estimate of drug-likeness (QED) is 0.773. The van der Waals surface area contributed by atoms with Gasteiger partial charge in [0.1, 0.15) is 0 Å². The minimum Gasteiger partial charge on any atom is -0.493 e. The Morgan fingerprint density at radius 1 is 1.23 bits per heavy atom. The van der Waals surface area contributed by atoms with Crippen molar-refractivity contribution in [1.29, 1.82) is 0 Å². The van der Waals surface area contributed by atoms with Crippen molar-refractivity contribution < 1.29 is 23.8 Å². The number of benzene rings is 1. The van der Waals surface area contributed by atoms with Gasteiger partial charge in [-0.3, -0.25) is 9.59 Å². The van der Waals surface area contributed by atoms with Gasteiger partial charge in [0.15, 0.2) is 18.1 Å². The van der Waals surface area contributed by atoms with Gasteiger partial charge >= 0.3 is 5.97 Å². The zero-order valence-corrected chi connectivity index (χ0v) is 13.0. The number of hydrogen-bond donors (Lipinski definition) is 1. The maximum atomic E-state index is 11.7. The molecule has 1 aliphatic rings. The fourth-order valence-electron chi connectivity index (χ4n) is 2.14. The molecule has 0 spiro atoms. The Morgan fingerprint density at radius 3 is 2.50 bits per heavy atom. The van der Waals surface area contributed by atoms with Gasteiger partial charge in [-0.15, -0.1) is 0 Å². The van der Waals surface area contributed by atoms with E-state index in [-0.39, 0.29) is 24.4 Å². The number of hydrogen-bond acceptors (Lipinski definition) is 5. The molecule has 0 saturated heterocycles. The van der Waals surface area contributed by atoms with Crippen LogP contribution in [0.4, 0.5) is 0 Å². The van der Waals surface area contributed by atoms with E-state index in [0.29, 0.717) is 24.0 Å². The summed E-state index contributed by atoms with van der Waals surface area (Å²) in [6.45, 7) is 2.08. The number of carbonyl (C=O) groups is 2. The summed E-state index contributed by atoms with van der Waals surface area (Å²) in [5.41, 5.74) is 0.869. The highest BCUT2D eigenvalue weighted by Crippen LogP contribution is 2.38. The normalized spacial score (nSPS) is 19.2. The molecule has 6 heteroatoms. The maximum absolute atomic E-state index is 11.7. The lowest BCUT2D eigenvalue weighted by molar-refractivity contribution is -0.150. The summed E-state index contributed by atoms with van der Waals surface area (Å²) in [6, 6.07) is 5.39. The highest BCUT2D eigenvalue weighted by atomic mass is 16.5. The van der Waals surface area contributed by atoms with Crippen LogP contribution in [0.5, 0.6) is 11.5 Å². The molecule has 0 unspecified atom stereocenters. The van der Waals surface area contributed by atoms with Crippen LogP contribution in [0.25, 0.3) is 0 Å². The summed E-state index contributed by atoms with van der Waals surface area (Å²) in [4.78, 5) is 23.2. The van der Waals surface area contributed by atoms with Crippen LogP contribution in [0.3, 0.4) is 0 Å². The molecule has 1 fully saturated rings. The first-order chi connectivity index (χ1) is 10.5. The Labute approximate surface area is 129 Å². The van der Waals surface area contributed by atoms with Gasteiger partial charge in [-0.25, -0.2) is 0 Å². The SMILES string of the molecule is COc1ccc(CNC(=O)COC(=O)[C@@H]2C[C@@H]2C)cc1OC. The molecule has 0 heterocycles. The Morgan fingerprint density at radius 2 is 1.91 bits per heavy atom. The van der Waals surface area contributed by atoms with Crippen LogP contribution >= 0.6 is 0 Å². The third-order valence-corrected chi connectivity index (χ3v) is 3.70. The highest BCUT2D eigenvalue weighted by Gasteiger charge is 2.40. The van der Waals surface area contributed by atoms with E-state index in [0.717, 1.165) is 12.0 Å². The van der Waals surface area contributed by atoms with Gasteiger partial charge in [0.25, 0.3) is 5.91 Å². The van der Waals surface area contributed by atoms with Crippen LogP contribution < -0.4 is 14.8 Å². The van der Waals surface area contributed by atoms with Crippen molar-refractivity contribution in [2.45, 2.75) is 19.9 Å². The van der Waals surface area contributed by atoms with E-state index in [2.05, 4.69) is 5.32 Å². The molecule has 1 aromatic carbocycles. The van der Waals surface area contributed by atoms with Gasteiger partial charge in [-0.1, -0.05) is 13.0 Å². The van der Waals surface area contributed by atoms with Crippen LogP contribution in [0, 0.1) is 11.8 Å². The topological polar surface area (TPSA) is 73.9 Å². The van der Waals surface area contributed by atoms with E-state index in [4.69, 9.17) is 14.2 Å².